The summed E-state index contributed by atoms with van der Waals surface area (Å²) in [6.07, 6.45) is 0.945. The molecule has 1 atom stereocenters. The van der Waals surface area contributed by atoms with Crippen molar-refractivity contribution >= 4 is 17.2 Å². The summed E-state index contributed by atoms with van der Waals surface area (Å²) in [6.45, 7) is 3.51. The van der Waals surface area contributed by atoms with Gasteiger partial charge in [0.05, 0.1) is 6.04 Å². The summed E-state index contributed by atoms with van der Waals surface area (Å²) in [6, 6.07) is 12.0. The number of nitrogens with zero attached hydrogens (tertiary/aromatic N) is 1. The fourth-order valence-electron chi connectivity index (χ4n) is 3.01. The molecule has 0 saturated carbocycles. The van der Waals surface area contributed by atoms with E-state index in [2.05, 4.69) is 10.2 Å². The Bertz CT molecular complexity index is 674. The van der Waals surface area contributed by atoms with Gasteiger partial charge in [0.25, 0.3) is 5.91 Å². The minimum atomic E-state index is -1.27. The van der Waals surface area contributed by atoms with E-state index in [1.54, 1.807) is 11.3 Å². The molecular weight excluding hydrogens is 320 g/mol. The molecule has 0 aliphatic carbocycles. The highest BCUT2D eigenvalue weighted by Crippen LogP contribution is 2.29. The third kappa shape index (κ3) is 3.69. The van der Waals surface area contributed by atoms with E-state index >= 15 is 0 Å². The maximum atomic E-state index is 12.8. The first-order valence-electron chi connectivity index (χ1n) is 8.30. The van der Waals surface area contributed by atoms with Crippen molar-refractivity contribution in [2.24, 2.45) is 0 Å². The maximum absolute atomic E-state index is 12.8. The second kappa shape index (κ2) is 7.05. The number of carbonyl (C=O) groups excluding carboxylic acids is 1. The molecule has 1 aliphatic heterocycles. The van der Waals surface area contributed by atoms with Crippen molar-refractivity contribution < 1.29 is 9.90 Å². The molecule has 1 aromatic carbocycles. The lowest BCUT2D eigenvalue weighted by Gasteiger charge is -2.36. The highest BCUT2D eigenvalue weighted by atomic mass is 32.1. The van der Waals surface area contributed by atoms with Crippen LogP contribution >= 0.6 is 11.3 Å². The minimum absolute atomic E-state index is 0.221. The number of nitrogens with one attached hydrogen (secondary N) is 1. The molecule has 0 unspecified atom stereocenters. The number of thiophene rings is 1. The van der Waals surface area contributed by atoms with Crippen molar-refractivity contribution in [3.8, 4) is 0 Å². The minimum Gasteiger partial charge on any atom is -0.380 e. The van der Waals surface area contributed by atoms with Crippen molar-refractivity contribution in [1.82, 2.24) is 10.2 Å². The van der Waals surface area contributed by atoms with E-state index in [4.69, 9.17) is 0 Å². The molecule has 4 nitrogen and oxygen atoms in total. The number of hydrogen-bond donors (Lipinski definition) is 2. The van der Waals surface area contributed by atoms with Crippen molar-refractivity contribution in [2.45, 2.75) is 31.4 Å². The molecule has 0 radical (unpaired) electrons. The Kier molecular flexibility index (Phi) is 5.04. The summed E-state index contributed by atoms with van der Waals surface area (Å²) in [5.74, 6) is -0.269. The molecule has 0 bridgehead atoms. The molecule has 2 aromatic rings. The van der Waals surface area contributed by atoms with Crippen LogP contribution in [0.2, 0.25) is 0 Å². The van der Waals surface area contributed by atoms with E-state index < -0.39 is 5.60 Å². The zero-order valence-electron chi connectivity index (χ0n) is 14.2. The van der Waals surface area contributed by atoms with E-state index in [-0.39, 0.29) is 11.9 Å². The number of likely N-dealkylation sites (tertiary alicyclic amines) is 1. The van der Waals surface area contributed by atoms with Crippen LogP contribution in [0, 0.1) is 6.92 Å². The van der Waals surface area contributed by atoms with Crippen molar-refractivity contribution in [1.29, 1.82) is 0 Å². The standard InChI is InChI=1S/C19H24N2O2S/c1-14-5-7-15(8-6-14)17(16-4-3-13-24-16)20-18(22)19(23)9-11-21(2)12-10-19/h3-8,13,17,23H,9-12H2,1-2H3,(H,20,22)/t17-/m0/s1. The molecule has 5 heteroatoms. The normalized spacial score (nSPS) is 19.0. The van der Waals surface area contributed by atoms with Crippen LogP contribution in [0.3, 0.4) is 0 Å². The van der Waals surface area contributed by atoms with Gasteiger partial charge in [-0.1, -0.05) is 35.9 Å². The van der Waals surface area contributed by atoms with Crippen molar-refractivity contribution in [3.63, 3.8) is 0 Å². The maximum Gasteiger partial charge on any atom is 0.252 e. The number of amides is 1. The number of aliphatic hydroxyl groups is 1. The predicted octanol–water partition coefficient (Wildman–Crippen LogP) is 2.72. The Balaban J connectivity index is 1.82. The lowest BCUT2D eigenvalue weighted by Crippen LogP contribution is -2.53. The Morgan fingerprint density at radius 1 is 1.25 bits per heavy atom. The fourth-order valence-corrected chi connectivity index (χ4v) is 3.82. The van der Waals surface area contributed by atoms with Gasteiger partial charge in [-0.2, -0.15) is 0 Å². The average Bonchev–Trinajstić information content (AvgIpc) is 3.10. The first-order chi connectivity index (χ1) is 11.5. The number of rotatable bonds is 4. The van der Waals surface area contributed by atoms with Gasteiger partial charge in [0.15, 0.2) is 0 Å². The summed E-state index contributed by atoms with van der Waals surface area (Å²) < 4.78 is 0. The van der Waals surface area contributed by atoms with Gasteiger partial charge in [-0.15, -0.1) is 11.3 Å². The summed E-state index contributed by atoms with van der Waals surface area (Å²) in [5.41, 5.74) is 0.948. The topological polar surface area (TPSA) is 52.6 Å². The van der Waals surface area contributed by atoms with Crippen LogP contribution in [0.25, 0.3) is 0 Å². The van der Waals surface area contributed by atoms with Crippen molar-refractivity contribution in [3.05, 3.63) is 57.8 Å². The molecular formula is C19H24N2O2S. The van der Waals surface area contributed by atoms with E-state index in [9.17, 15) is 9.90 Å². The van der Waals surface area contributed by atoms with Crippen LogP contribution in [0.15, 0.2) is 41.8 Å². The highest BCUT2D eigenvalue weighted by molar-refractivity contribution is 7.10. The van der Waals surface area contributed by atoms with E-state index in [1.807, 2.05) is 55.7 Å². The highest BCUT2D eigenvalue weighted by Gasteiger charge is 2.39. The van der Waals surface area contributed by atoms with Gasteiger partial charge in [0, 0.05) is 18.0 Å². The summed E-state index contributed by atoms with van der Waals surface area (Å²) in [4.78, 5) is 16.0. The largest absolute Gasteiger partial charge is 0.380 e. The zero-order chi connectivity index (χ0) is 17.2. The molecule has 0 spiro atoms. The van der Waals surface area contributed by atoms with Gasteiger partial charge in [-0.3, -0.25) is 4.79 Å². The van der Waals surface area contributed by atoms with Gasteiger partial charge in [-0.25, -0.2) is 0 Å². The second-order valence-electron chi connectivity index (χ2n) is 6.67. The number of piperidine rings is 1. The van der Waals surface area contributed by atoms with Crippen LogP contribution in [-0.4, -0.2) is 41.7 Å². The molecule has 2 N–H and O–H groups in total. The molecule has 128 valence electrons. The molecule has 24 heavy (non-hydrogen) atoms. The predicted molar refractivity (Wildman–Crippen MR) is 97.2 cm³/mol. The average molecular weight is 344 g/mol. The molecule has 3 rings (SSSR count). The van der Waals surface area contributed by atoms with Crippen molar-refractivity contribution in [2.75, 3.05) is 20.1 Å². The summed E-state index contributed by atoms with van der Waals surface area (Å²) in [5, 5.41) is 15.8. The Hall–Kier alpha value is -1.69. The third-order valence-electron chi connectivity index (χ3n) is 4.75. The number of aryl methyl sites for hydroxylation is 1. The van der Waals surface area contributed by atoms with Gasteiger partial charge in [0.1, 0.15) is 5.60 Å². The van der Waals surface area contributed by atoms with Gasteiger partial charge in [0.2, 0.25) is 0 Å². The number of benzene rings is 1. The lowest BCUT2D eigenvalue weighted by atomic mass is 9.90. The summed E-state index contributed by atoms with van der Waals surface area (Å²) in [7, 11) is 2.01. The fraction of sp³-hybridized carbons (Fsp3) is 0.421. The summed E-state index contributed by atoms with van der Waals surface area (Å²) >= 11 is 1.61. The van der Waals surface area contributed by atoms with Gasteiger partial charge < -0.3 is 15.3 Å². The number of carbonyl (C=O) groups is 1. The van der Waals surface area contributed by atoms with Gasteiger partial charge >= 0.3 is 0 Å². The third-order valence-corrected chi connectivity index (χ3v) is 5.69. The first-order valence-corrected chi connectivity index (χ1v) is 9.18. The molecule has 1 fully saturated rings. The lowest BCUT2D eigenvalue weighted by molar-refractivity contribution is -0.144. The molecule has 2 heterocycles. The van der Waals surface area contributed by atoms with E-state index in [0.717, 1.165) is 23.5 Å². The van der Waals surface area contributed by atoms with Crippen LogP contribution < -0.4 is 5.32 Å². The molecule has 1 saturated heterocycles. The quantitative estimate of drug-likeness (QED) is 0.897. The molecule has 1 aromatic heterocycles. The Labute approximate surface area is 147 Å². The smallest absolute Gasteiger partial charge is 0.252 e. The van der Waals surface area contributed by atoms with Crippen LogP contribution in [0.5, 0.6) is 0 Å². The van der Waals surface area contributed by atoms with Gasteiger partial charge in [-0.05, 0) is 43.8 Å². The number of hydrogen-bond acceptors (Lipinski definition) is 4. The molecule has 1 aliphatic rings. The Morgan fingerprint density at radius 3 is 2.50 bits per heavy atom. The van der Waals surface area contributed by atoms with Crippen LogP contribution in [-0.2, 0) is 4.79 Å². The zero-order valence-corrected chi connectivity index (χ0v) is 15.0. The molecule has 1 amide bonds. The second-order valence-corrected chi connectivity index (χ2v) is 7.65. The van der Waals surface area contributed by atoms with E-state index in [1.165, 1.54) is 5.56 Å². The SMILES string of the molecule is Cc1ccc([C@H](NC(=O)C2(O)CCN(C)CC2)c2cccs2)cc1. The first kappa shape index (κ1) is 17.1. The van der Waals surface area contributed by atoms with E-state index in [0.29, 0.717) is 12.8 Å². The van der Waals surface area contributed by atoms with Crippen LogP contribution in [0.1, 0.15) is 34.9 Å². The van der Waals surface area contributed by atoms with Crippen LogP contribution in [0.4, 0.5) is 0 Å². The Morgan fingerprint density at radius 2 is 1.92 bits per heavy atom. The monoisotopic (exact) mass is 344 g/mol.